The van der Waals surface area contributed by atoms with Crippen LogP contribution in [0.15, 0.2) is 29.4 Å². The number of aryl methyl sites for hydroxylation is 1. The van der Waals surface area contributed by atoms with E-state index in [0.717, 1.165) is 18.7 Å². The van der Waals surface area contributed by atoms with Crippen molar-refractivity contribution < 1.29 is 14.3 Å². The molecule has 8 heteroatoms. The molecular weight excluding hydrogens is 352 g/mol. The van der Waals surface area contributed by atoms with Crippen LogP contribution >= 0.6 is 11.8 Å². The Kier molecular flexibility index (Phi) is 5.92. The lowest BCUT2D eigenvalue weighted by Gasteiger charge is -2.32. The summed E-state index contributed by atoms with van der Waals surface area (Å²) in [5.41, 5.74) is 0.583. The molecule has 1 fully saturated rings. The van der Waals surface area contributed by atoms with Crippen molar-refractivity contribution in [1.82, 2.24) is 20.1 Å². The number of hydrogen-bond acceptors (Lipinski definition) is 6. The van der Waals surface area contributed by atoms with Gasteiger partial charge in [0.2, 0.25) is 11.1 Å². The highest BCUT2D eigenvalue weighted by Crippen LogP contribution is 2.26. The number of amides is 1. The van der Waals surface area contributed by atoms with E-state index in [9.17, 15) is 9.59 Å². The van der Waals surface area contributed by atoms with Crippen LogP contribution in [0.5, 0.6) is 5.75 Å². The molecule has 1 saturated heterocycles. The van der Waals surface area contributed by atoms with Gasteiger partial charge in [0.15, 0.2) is 5.78 Å². The average Bonchev–Trinajstić information content (AvgIpc) is 3.10. The number of likely N-dealkylation sites (tertiary alicyclic amines) is 1. The summed E-state index contributed by atoms with van der Waals surface area (Å²) in [4.78, 5) is 31.4. The second-order valence-electron chi connectivity index (χ2n) is 6.24. The summed E-state index contributed by atoms with van der Waals surface area (Å²) >= 11 is 1.31. The van der Waals surface area contributed by atoms with Crippen molar-refractivity contribution in [3.05, 3.63) is 35.7 Å². The first kappa shape index (κ1) is 18.4. The number of thioether (sulfide) groups is 1. The minimum atomic E-state index is -0.195. The third-order valence-corrected chi connectivity index (χ3v) is 5.25. The van der Waals surface area contributed by atoms with Crippen LogP contribution < -0.4 is 4.74 Å². The zero-order chi connectivity index (χ0) is 18.5. The molecule has 7 nitrogen and oxygen atoms in total. The maximum atomic E-state index is 12.9. The Labute approximate surface area is 156 Å². The van der Waals surface area contributed by atoms with Gasteiger partial charge >= 0.3 is 0 Å². The van der Waals surface area contributed by atoms with Gasteiger partial charge in [-0.05, 0) is 31.9 Å². The molecule has 2 heterocycles. The maximum Gasteiger partial charge on any atom is 0.233 e. The molecule has 1 aliphatic heterocycles. The maximum absolute atomic E-state index is 12.9. The Morgan fingerprint density at radius 2 is 2.19 bits per heavy atom. The number of nitrogens with zero attached hydrogens (tertiary/aromatic N) is 3. The topological polar surface area (TPSA) is 88.2 Å². The number of ketones is 1. The summed E-state index contributed by atoms with van der Waals surface area (Å²) in [6.07, 6.45) is 1.61. The summed E-state index contributed by atoms with van der Waals surface area (Å²) in [6.45, 7) is 2.95. The van der Waals surface area contributed by atoms with E-state index in [1.807, 2.05) is 19.1 Å². The smallest absolute Gasteiger partial charge is 0.233 e. The van der Waals surface area contributed by atoms with Gasteiger partial charge < -0.3 is 9.64 Å². The van der Waals surface area contributed by atoms with Gasteiger partial charge in [-0.3, -0.25) is 14.7 Å². The number of aromatic nitrogens is 3. The van der Waals surface area contributed by atoms with Crippen molar-refractivity contribution in [3.8, 4) is 5.75 Å². The van der Waals surface area contributed by atoms with E-state index in [4.69, 9.17) is 4.74 Å². The molecule has 138 valence electrons. The number of aromatic amines is 1. The zero-order valence-electron chi connectivity index (χ0n) is 14.9. The number of piperidine rings is 1. The summed E-state index contributed by atoms with van der Waals surface area (Å²) < 4.78 is 5.30. The third-order valence-electron chi connectivity index (χ3n) is 4.42. The Bertz CT molecular complexity index is 792. The molecule has 0 unspecified atom stereocenters. The number of carbonyl (C=O) groups excluding carboxylic acids is 2. The molecule has 3 rings (SSSR count). The Hall–Kier alpha value is -2.35. The minimum Gasteiger partial charge on any atom is -0.496 e. The molecule has 1 N–H and O–H groups in total. The molecule has 1 amide bonds. The Balaban J connectivity index is 1.61. The number of rotatable bonds is 6. The summed E-state index contributed by atoms with van der Waals surface area (Å²) in [6, 6.07) is 7.24. The number of ether oxygens (including phenoxy) is 1. The molecule has 0 aliphatic carbocycles. The van der Waals surface area contributed by atoms with Gasteiger partial charge in [-0.15, -0.1) is 5.10 Å². The van der Waals surface area contributed by atoms with Crippen molar-refractivity contribution in [2.24, 2.45) is 5.92 Å². The second kappa shape index (κ2) is 8.35. The first-order valence-corrected chi connectivity index (χ1v) is 9.54. The number of hydrogen-bond donors (Lipinski definition) is 1. The van der Waals surface area contributed by atoms with E-state index in [2.05, 4.69) is 15.2 Å². The van der Waals surface area contributed by atoms with Gasteiger partial charge in [-0.25, -0.2) is 4.98 Å². The van der Waals surface area contributed by atoms with Crippen LogP contribution in [0.25, 0.3) is 0 Å². The summed E-state index contributed by atoms with van der Waals surface area (Å²) in [7, 11) is 1.56. The number of methoxy groups -OCH3 is 1. The van der Waals surface area contributed by atoms with Crippen molar-refractivity contribution in [2.75, 3.05) is 26.0 Å². The number of Topliss-reactive ketones (excluding diaryl/α,β-unsaturated/α-hetero) is 1. The number of nitrogens with one attached hydrogen (secondary N) is 1. The molecule has 0 saturated carbocycles. The Morgan fingerprint density at radius 3 is 2.92 bits per heavy atom. The molecule has 26 heavy (non-hydrogen) atoms. The van der Waals surface area contributed by atoms with Crippen molar-refractivity contribution in [3.63, 3.8) is 0 Å². The highest BCUT2D eigenvalue weighted by Gasteiger charge is 2.30. The van der Waals surface area contributed by atoms with Crippen LogP contribution in [0.1, 0.15) is 29.0 Å². The van der Waals surface area contributed by atoms with Gasteiger partial charge in [0.1, 0.15) is 11.6 Å². The van der Waals surface area contributed by atoms with Crippen molar-refractivity contribution >= 4 is 23.5 Å². The predicted octanol–water partition coefficient (Wildman–Crippen LogP) is 2.34. The lowest BCUT2D eigenvalue weighted by atomic mass is 9.89. The Morgan fingerprint density at radius 1 is 1.38 bits per heavy atom. The van der Waals surface area contributed by atoms with Crippen molar-refractivity contribution in [1.29, 1.82) is 0 Å². The van der Waals surface area contributed by atoms with E-state index in [1.54, 1.807) is 24.1 Å². The highest BCUT2D eigenvalue weighted by atomic mass is 32.2. The number of benzene rings is 1. The van der Waals surface area contributed by atoms with E-state index in [-0.39, 0.29) is 23.4 Å². The SMILES string of the molecule is COc1ccccc1C(=O)[C@@H]1CCCN(C(=O)CSc2n[nH]c(C)n2)C1. The predicted molar refractivity (Wildman–Crippen MR) is 98.5 cm³/mol. The number of H-pyrrole nitrogens is 1. The first-order valence-electron chi connectivity index (χ1n) is 8.55. The standard InChI is InChI=1S/C18H22N4O3S/c1-12-19-18(21-20-12)26-11-16(23)22-9-5-6-13(10-22)17(24)14-7-3-4-8-15(14)25-2/h3-4,7-8,13H,5-6,9-11H2,1-2H3,(H,19,20,21)/t13-/m1/s1. The fraction of sp³-hybridized carbons (Fsp3) is 0.444. The van der Waals surface area contributed by atoms with E-state index in [0.29, 0.717) is 29.6 Å². The fourth-order valence-electron chi connectivity index (χ4n) is 3.09. The monoisotopic (exact) mass is 374 g/mol. The molecular formula is C18H22N4O3S. The third kappa shape index (κ3) is 4.24. The summed E-state index contributed by atoms with van der Waals surface area (Å²) in [5, 5.41) is 7.35. The summed E-state index contributed by atoms with van der Waals surface area (Å²) in [5.74, 6) is 1.43. The highest BCUT2D eigenvalue weighted by molar-refractivity contribution is 7.99. The van der Waals surface area contributed by atoms with Gasteiger partial charge in [-0.2, -0.15) is 0 Å². The lowest BCUT2D eigenvalue weighted by molar-refractivity contribution is -0.129. The molecule has 0 radical (unpaired) electrons. The average molecular weight is 374 g/mol. The van der Waals surface area contributed by atoms with Crippen LogP contribution in [-0.2, 0) is 4.79 Å². The largest absolute Gasteiger partial charge is 0.496 e. The zero-order valence-corrected chi connectivity index (χ0v) is 15.7. The van der Waals surface area contributed by atoms with Crippen LogP contribution in [-0.4, -0.2) is 57.7 Å². The normalized spacial score (nSPS) is 17.2. The minimum absolute atomic E-state index is 0.00924. The van der Waals surface area contributed by atoms with Crippen LogP contribution in [0, 0.1) is 12.8 Å². The van der Waals surface area contributed by atoms with Gasteiger partial charge in [0.05, 0.1) is 18.4 Å². The molecule has 2 aromatic rings. The van der Waals surface area contributed by atoms with Crippen molar-refractivity contribution in [2.45, 2.75) is 24.9 Å². The molecule has 1 aliphatic rings. The van der Waals surface area contributed by atoms with Crippen LogP contribution in [0.3, 0.4) is 0 Å². The fourth-order valence-corrected chi connectivity index (χ4v) is 3.84. The van der Waals surface area contributed by atoms with E-state index >= 15 is 0 Å². The lowest BCUT2D eigenvalue weighted by Crippen LogP contribution is -2.43. The molecule has 0 spiro atoms. The van der Waals surface area contributed by atoms with Gasteiger partial charge in [-0.1, -0.05) is 23.9 Å². The van der Waals surface area contributed by atoms with E-state index in [1.165, 1.54) is 11.8 Å². The quantitative estimate of drug-likeness (QED) is 0.617. The first-order chi connectivity index (χ1) is 12.6. The second-order valence-corrected chi connectivity index (χ2v) is 7.18. The van der Waals surface area contributed by atoms with E-state index < -0.39 is 0 Å². The molecule has 0 bridgehead atoms. The van der Waals surface area contributed by atoms with Crippen LogP contribution in [0.2, 0.25) is 0 Å². The number of para-hydroxylation sites is 1. The molecule has 1 aromatic heterocycles. The number of carbonyl (C=O) groups is 2. The van der Waals surface area contributed by atoms with Gasteiger partial charge in [0.25, 0.3) is 0 Å². The van der Waals surface area contributed by atoms with Gasteiger partial charge in [0, 0.05) is 19.0 Å². The molecule has 1 aromatic carbocycles. The van der Waals surface area contributed by atoms with Crippen LogP contribution in [0.4, 0.5) is 0 Å². The molecule has 1 atom stereocenters.